The molecule has 0 bridgehead atoms. The number of nitrogens with one attached hydrogen (secondary N) is 1. The Balaban J connectivity index is 1.93. The molecular weight excluding hydrogens is 330 g/mol. The Morgan fingerprint density at radius 1 is 1.21 bits per heavy atom. The van der Waals surface area contributed by atoms with Gasteiger partial charge in [-0.1, -0.05) is 11.6 Å². The molecular formula is C17H16ClN3O3. The van der Waals surface area contributed by atoms with E-state index in [1.165, 1.54) is 14.2 Å². The number of carbonyl (C=O) groups is 1. The molecule has 0 saturated carbocycles. The highest BCUT2D eigenvalue weighted by molar-refractivity contribution is 6.32. The van der Waals surface area contributed by atoms with E-state index in [0.717, 1.165) is 5.56 Å². The van der Waals surface area contributed by atoms with Crippen molar-refractivity contribution in [3.8, 4) is 11.5 Å². The normalized spacial score (nSPS) is 10.7. The molecule has 7 heteroatoms. The summed E-state index contributed by atoms with van der Waals surface area (Å²) in [6, 6.07) is 7.05. The number of pyridine rings is 1. The van der Waals surface area contributed by atoms with E-state index in [0.29, 0.717) is 33.6 Å². The molecule has 1 N–H and O–H groups in total. The number of aromatic nitrogens is 2. The molecule has 2 aromatic heterocycles. The van der Waals surface area contributed by atoms with Gasteiger partial charge in [0, 0.05) is 24.5 Å². The zero-order valence-corrected chi connectivity index (χ0v) is 14.2. The lowest BCUT2D eigenvalue weighted by Gasteiger charge is -2.12. The van der Waals surface area contributed by atoms with Crippen molar-refractivity contribution in [3.63, 3.8) is 0 Å². The van der Waals surface area contributed by atoms with Crippen molar-refractivity contribution in [2.75, 3.05) is 19.5 Å². The maximum absolute atomic E-state index is 12.5. The molecule has 3 aromatic rings. The largest absolute Gasteiger partial charge is 0.495 e. The van der Waals surface area contributed by atoms with E-state index < -0.39 is 0 Å². The molecule has 3 rings (SSSR count). The van der Waals surface area contributed by atoms with Crippen LogP contribution in [0.1, 0.15) is 16.1 Å². The molecule has 0 aliphatic carbocycles. The highest BCUT2D eigenvalue weighted by atomic mass is 35.5. The molecule has 0 aliphatic heterocycles. The van der Waals surface area contributed by atoms with Crippen LogP contribution in [0.4, 0.5) is 5.69 Å². The number of methoxy groups -OCH3 is 2. The third-order valence-corrected chi connectivity index (χ3v) is 3.87. The van der Waals surface area contributed by atoms with Crippen LogP contribution in [-0.2, 0) is 0 Å². The molecule has 0 spiro atoms. The fourth-order valence-corrected chi connectivity index (χ4v) is 2.57. The predicted molar refractivity (Wildman–Crippen MR) is 92.4 cm³/mol. The number of ether oxygens (including phenoxy) is 2. The maximum Gasteiger partial charge on any atom is 0.275 e. The van der Waals surface area contributed by atoms with Gasteiger partial charge in [-0.05, 0) is 24.6 Å². The van der Waals surface area contributed by atoms with Gasteiger partial charge in [0.1, 0.15) is 22.8 Å². The predicted octanol–water partition coefficient (Wildman–Crippen LogP) is 3.57. The Hall–Kier alpha value is -2.73. The number of halogens is 1. The molecule has 0 saturated heterocycles. The number of carbonyl (C=O) groups excluding carboxylic acids is 1. The second-order valence-electron chi connectivity index (χ2n) is 5.24. The van der Waals surface area contributed by atoms with Crippen LogP contribution >= 0.6 is 11.6 Å². The standard InChI is InChI=1S/C17H16ClN3O3/c1-10-4-5-21-9-13(19-16(21)6-10)17(22)20-12-8-14(23-2)11(18)7-15(12)24-3/h4-9H,1-3H3,(H,20,22). The van der Waals surface area contributed by atoms with Gasteiger partial charge >= 0.3 is 0 Å². The summed E-state index contributed by atoms with van der Waals surface area (Å²) < 4.78 is 12.2. The Labute approximate surface area is 144 Å². The van der Waals surface area contributed by atoms with Crippen molar-refractivity contribution in [2.24, 2.45) is 0 Å². The van der Waals surface area contributed by atoms with E-state index in [2.05, 4.69) is 10.3 Å². The van der Waals surface area contributed by atoms with Crippen LogP contribution in [0.5, 0.6) is 11.5 Å². The second-order valence-corrected chi connectivity index (χ2v) is 5.64. The van der Waals surface area contributed by atoms with Crippen molar-refractivity contribution in [1.29, 1.82) is 0 Å². The summed E-state index contributed by atoms with van der Waals surface area (Å²) in [7, 11) is 3.01. The smallest absolute Gasteiger partial charge is 0.275 e. The molecule has 0 aliphatic rings. The molecule has 124 valence electrons. The molecule has 24 heavy (non-hydrogen) atoms. The van der Waals surface area contributed by atoms with Crippen molar-refractivity contribution in [2.45, 2.75) is 6.92 Å². The number of anilines is 1. The molecule has 6 nitrogen and oxygen atoms in total. The first kappa shape index (κ1) is 16.1. The molecule has 1 aromatic carbocycles. The SMILES string of the molecule is COc1cc(NC(=O)c2cn3ccc(C)cc3n2)c(OC)cc1Cl. The van der Waals surface area contributed by atoms with E-state index >= 15 is 0 Å². The third kappa shape index (κ3) is 3.00. The van der Waals surface area contributed by atoms with Crippen molar-refractivity contribution in [3.05, 3.63) is 52.9 Å². The number of nitrogens with zero attached hydrogens (tertiary/aromatic N) is 2. The molecule has 0 unspecified atom stereocenters. The van der Waals surface area contributed by atoms with E-state index in [4.69, 9.17) is 21.1 Å². The number of aryl methyl sites for hydroxylation is 1. The van der Waals surface area contributed by atoms with Crippen LogP contribution in [0.15, 0.2) is 36.7 Å². The summed E-state index contributed by atoms with van der Waals surface area (Å²) in [6.07, 6.45) is 3.53. The van der Waals surface area contributed by atoms with Crippen LogP contribution < -0.4 is 14.8 Å². The molecule has 0 fully saturated rings. The summed E-state index contributed by atoms with van der Waals surface area (Å²) in [4.78, 5) is 16.8. The Morgan fingerprint density at radius 2 is 1.96 bits per heavy atom. The Bertz CT molecular complexity index is 921. The van der Waals surface area contributed by atoms with Crippen molar-refractivity contribution < 1.29 is 14.3 Å². The number of benzene rings is 1. The molecule has 0 radical (unpaired) electrons. The summed E-state index contributed by atoms with van der Waals surface area (Å²) in [5.74, 6) is 0.534. The van der Waals surface area contributed by atoms with Gasteiger partial charge in [-0.3, -0.25) is 4.79 Å². The number of amides is 1. The summed E-state index contributed by atoms with van der Waals surface area (Å²) in [5.41, 5.74) is 2.54. The lowest BCUT2D eigenvalue weighted by Crippen LogP contribution is -2.13. The van der Waals surface area contributed by atoms with E-state index in [9.17, 15) is 4.79 Å². The van der Waals surface area contributed by atoms with Gasteiger partial charge in [0.25, 0.3) is 5.91 Å². The fourth-order valence-electron chi connectivity index (χ4n) is 2.34. The average molecular weight is 346 g/mol. The van der Waals surface area contributed by atoms with Gasteiger partial charge in [0.05, 0.1) is 24.9 Å². The highest BCUT2D eigenvalue weighted by Crippen LogP contribution is 2.36. The molecule has 0 atom stereocenters. The van der Waals surface area contributed by atoms with Crippen LogP contribution in [0, 0.1) is 6.92 Å². The summed E-state index contributed by atoms with van der Waals surface area (Å²) in [6.45, 7) is 1.97. The van der Waals surface area contributed by atoms with Gasteiger partial charge in [0.15, 0.2) is 0 Å². The Morgan fingerprint density at radius 3 is 2.67 bits per heavy atom. The summed E-state index contributed by atoms with van der Waals surface area (Å²) in [5, 5.41) is 3.18. The average Bonchev–Trinajstić information content (AvgIpc) is 2.99. The highest BCUT2D eigenvalue weighted by Gasteiger charge is 2.16. The lowest BCUT2D eigenvalue weighted by molar-refractivity contribution is 0.102. The minimum atomic E-state index is -0.348. The number of hydrogen-bond acceptors (Lipinski definition) is 4. The zero-order valence-electron chi connectivity index (χ0n) is 13.5. The first-order valence-corrected chi connectivity index (χ1v) is 7.58. The first-order chi connectivity index (χ1) is 11.5. The second kappa shape index (κ2) is 6.41. The first-order valence-electron chi connectivity index (χ1n) is 7.20. The van der Waals surface area contributed by atoms with Crippen molar-refractivity contribution in [1.82, 2.24) is 9.38 Å². The monoisotopic (exact) mass is 345 g/mol. The number of hydrogen-bond donors (Lipinski definition) is 1. The number of rotatable bonds is 4. The van der Waals surface area contributed by atoms with Crippen LogP contribution in [0.2, 0.25) is 5.02 Å². The van der Waals surface area contributed by atoms with Gasteiger partial charge in [-0.25, -0.2) is 4.98 Å². The quantitative estimate of drug-likeness (QED) is 0.785. The maximum atomic E-state index is 12.5. The topological polar surface area (TPSA) is 64.9 Å². The van der Waals surface area contributed by atoms with Gasteiger partial charge < -0.3 is 19.2 Å². The van der Waals surface area contributed by atoms with Crippen LogP contribution in [0.3, 0.4) is 0 Å². The van der Waals surface area contributed by atoms with E-state index in [1.54, 1.807) is 22.7 Å². The minimum Gasteiger partial charge on any atom is -0.495 e. The van der Waals surface area contributed by atoms with E-state index in [-0.39, 0.29) is 5.91 Å². The lowest BCUT2D eigenvalue weighted by atomic mass is 10.2. The third-order valence-electron chi connectivity index (χ3n) is 3.57. The number of fused-ring (bicyclic) bond motifs is 1. The zero-order chi connectivity index (χ0) is 17.3. The van der Waals surface area contributed by atoms with Gasteiger partial charge in [-0.15, -0.1) is 0 Å². The molecule has 2 heterocycles. The Kier molecular flexibility index (Phi) is 4.31. The molecule has 1 amide bonds. The minimum absolute atomic E-state index is 0.302. The van der Waals surface area contributed by atoms with Crippen LogP contribution in [0.25, 0.3) is 5.65 Å². The van der Waals surface area contributed by atoms with Gasteiger partial charge in [0.2, 0.25) is 0 Å². The van der Waals surface area contributed by atoms with Gasteiger partial charge in [-0.2, -0.15) is 0 Å². The fraction of sp³-hybridized carbons (Fsp3) is 0.176. The van der Waals surface area contributed by atoms with Crippen molar-refractivity contribution >= 4 is 28.8 Å². The summed E-state index contributed by atoms with van der Waals surface area (Å²) >= 11 is 6.07. The number of imidazole rings is 1. The van der Waals surface area contributed by atoms with Crippen LogP contribution in [-0.4, -0.2) is 29.5 Å². The van der Waals surface area contributed by atoms with E-state index in [1.807, 2.05) is 25.3 Å².